The minimum Gasteiger partial charge on any atom is -0.870 e. The minimum atomic E-state index is -1.22. The molecule has 2 fully saturated rings. The fourth-order valence-corrected chi connectivity index (χ4v) is 15.4. The molecule has 3 aliphatic rings. The number of carbonyl (C=O) groups excluding carboxylic acids is 3. The largest absolute Gasteiger partial charge is 1.00 e. The van der Waals surface area contributed by atoms with Gasteiger partial charge in [-0.3, -0.25) is 24.5 Å². The van der Waals surface area contributed by atoms with Crippen molar-refractivity contribution in [2.75, 3.05) is 60.2 Å². The van der Waals surface area contributed by atoms with E-state index in [9.17, 15) is 23.2 Å². The number of pyridine rings is 8. The summed E-state index contributed by atoms with van der Waals surface area (Å²) < 4.78 is 69.0. The van der Waals surface area contributed by atoms with Crippen LogP contribution in [0.2, 0.25) is 0 Å². The predicted octanol–water partition coefficient (Wildman–Crippen LogP) is 14.2. The minimum absolute atomic E-state index is 0. The average molecular weight is 1990 g/mol. The number of carbonyl (C=O) groups is 3. The third-order valence-electron chi connectivity index (χ3n) is 21.9. The van der Waals surface area contributed by atoms with Gasteiger partial charge < -0.3 is 70.9 Å². The Morgan fingerprint density at radius 3 is 1.29 bits per heavy atom. The maximum atomic E-state index is 14.9. The zero-order valence-electron chi connectivity index (χ0n) is 79.4. The number of aromatic nitrogens is 11. The van der Waals surface area contributed by atoms with Crippen LogP contribution in [0, 0.1) is 115 Å². The number of nitrogens with one attached hydrogen (secondary N) is 2. The number of ether oxygens (including phenoxy) is 6. The van der Waals surface area contributed by atoms with E-state index >= 15 is 0 Å². The zero-order chi connectivity index (χ0) is 91.9. The van der Waals surface area contributed by atoms with Gasteiger partial charge in [0.25, 0.3) is 5.91 Å². The summed E-state index contributed by atoms with van der Waals surface area (Å²) in [4.78, 5) is 83.3. The van der Waals surface area contributed by atoms with Gasteiger partial charge in [0.05, 0.1) is 45.5 Å². The summed E-state index contributed by atoms with van der Waals surface area (Å²) in [5.74, 6) is -2.76. The van der Waals surface area contributed by atoms with Crippen LogP contribution in [-0.4, -0.2) is 173 Å². The maximum Gasteiger partial charge on any atom is 1.00 e. The van der Waals surface area contributed by atoms with Gasteiger partial charge in [-0.15, -0.1) is 0 Å². The first-order chi connectivity index (χ1) is 60.1. The number of methoxy groups -OCH3 is 4. The first-order valence-corrected chi connectivity index (χ1v) is 44.4. The number of hydrogen-bond donors (Lipinski definition) is 3. The van der Waals surface area contributed by atoms with E-state index in [2.05, 4.69) is 173 Å². The summed E-state index contributed by atoms with van der Waals surface area (Å²) in [5.41, 5.74) is 30.0. The molecule has 1 aromatic carbocycles. The number of aliphatic imine (C=N–C) groups is 2. The summed E-state index contributed by atoms with van der Waals surface area (Å²) in [6, 6.07) is 24.1. The summed E-state index contributed by atoms with van der Waals surface area (Å²) in [7, 11) is 5.83. The van der Waals surface area contributed by atoms with Crippen molar-refractivity contribution in [1.29, 1.82) is 0 Å². The van der Waals surface area contributed by atoms with E-state index in [1.807, 2.05) is 123 Å². The number of esters is 2. The number of benzene rings is 1. The molecule has 26 nitrogen and oxygen atoms in total. The fourth-order valence-electron chi connectivity index (χ4n) is 14.1. The van der Waals surface area contributed by atoms with Crippen molar-refractivity contribution in [2.24, 2.45) is 21.6 Å². The van der Waals surface area contributed by atoms with Crippen LogP contribution in [0.1, 0.15) is 168 Å². The molecule has 2 saturated heterocycles. The molecule has 1 amide bonds. The van der Waals surface area contributed by atoms with Crippen molar-refractivity contribution >= 4 is 100 Å². The molecule has 0 aliphatic carbocycles. The van der Waals surface area contributed by atoms with E-state index < -0.39 is 47.1 Å². The van der Waals surface area contributed by atoms with Crippen molar-refractivity contribution in [3.8, 4) is 33.8 Å². The third-order valence-corrected chi connectivity index (χ3v) is 23.9. The van der Waals surface area contributed by atoms with Crippen molar-refractivity contribution < 1.29 is 105 Å². The number of aryl methyl sites for hydroxylation is 13. The second-order valence-corrected chi connectivity index (χ2v) is 34.0. The summed E-state index contributed by atoms with van der Waals surface area (Å²) in [6.45, 7) is 38.4. The number of amides is 1. The number of anilines is 1. The molecule has 131 heavy (non-hydrogen) atoms. The number of imidazole rings is 3. The molecule has 0 unspecified atom stereocenters. The van der Waals surface area contributed by atoms with Crippen molar-refractivity contribution in [1.82, 2.24) is 58.4 Å². The molecule has 0 bridgehead atoms. The van der Waals surface area contributed by atoms with E-state index in [0.29, 0.717) is 36.0 Å². The van der Waals surface area contributed by atoms with Crippen LogP contribution in [0.25, 0.3) is 50.7 Å². The van der Waals surface area contributed by atoms with Gasteiger partial charge in [-0.05, 0) is 287 Å². The van der Waals surface area contributed by atoms with Crippen LogP contribution in [0.4, 0.5) is 14.5 Å². The normalized spacial score (nSPS) is 14.0. The smallest absolute Gasteiger partial charge is 0.870 e. The Hall–Kier alpha value is -9.07. The molecule has 0 spiro atoms. The summed E-state index contributed by atoms with van der Waals surface area (Å²) in [6.07, 6.45) is 17.6. The molecule has 694 valence electrons. The van der Waals surface area contributed by atoms with Gasteiger partial charge in [-0.25, -0.2) is 48.5 Å². The number of rotatable bonds is 17. The van der Waals surface area contributed by atoms with Gasteiger partial charge in [-0.1, -0.05) is 58.5 Å². The zero-order valence-corrected chi connectivity index (χ0v) is 86.2. The standard InChI is InChI=1S/C30H33F2N5O3.C25H31N5O2.C19H22N4O2.C8H10BrN.C6H5Br2N.2C4H8O.CH4.CH3.Li.Na.H2O/c1-7-18(4)34-20-13-23(31)26(24(32)14-20)29(38)36-25(30(39)40-6)15-21-8-9-22(28-33-10-11-37(21)28)27-17(3)12-16(2)19(5)35-27;1-14(2)21-25(32-7)28-20(24(29-21)31-6)13-18-8-9-19(23-26-10-11-30(18)23)22-16(4)12-15(3)17(5)27-22;1-11-9-12(2)17(22-13(11)3)15-6-5-14(10-16(20)19(24)25-4)23-8-7-21-18(15)23;1-5-4-6(2)8(9)10-7(5)3;1-4-2-3-5(7)9-6(4)8;2*1-2-4-5-3-1;;;;;/h8-14,18,25,34H,7,15H2,1-6H3,(H,36,38);8-12,14,20-21H,13H2,1-7H3;5-9,16H,10,20H2,1-4H3;4H,1-3H3;2-3H,1H3;2*1-4H2;1H4;1H3;;;1H2/q;;;;;;;;-1;2*+1;/p-1/t18-,25-;20-,21+;16-;;;;;;;;;/m000........./s1. The molecule has 5 N–H and O–H groups in total. The Bertz CT molecular complexity index is 5790. The molecular weight excluding hydrogens is 1870 g/mol. The topological polar surface area (TPSA) is 328 Å². The van der Waals surface area contributed by atoms with Gasteiger partial charge in [0.1, 0.15) is 72.1 Å². The molecule has 5 atom stereocenters. The molecular formula is C98H125Br3F2LiN16NaO10. The van der Waals surface area contributed by atoms with Crippen molar-refractivity contribution in [3.05, 3.63) is 250 Å². The number of fused-ring (bicyclic) bond motifs is 3. The van der Waals surface area contributed by atoms with Gasteiger partial charge in [0.2, 0.25) is 11.8 Å². The Balaban J connectivity index is 0.000000353. The summed E-state index contributed by atoms with van der Waals surface area (Å²) in [5, 5.41) is 5.43. The first kappa shape index (κ1) is 114. The van der Waals surface area contributed by atoms with Crippen LogP contribution in [0.5, 0.6) is 0 Å². The SMILES string of the molecule is C.C1CCOC1.C1CCOC1.CC[C@H](C)Nc1cc(F)c(C(=O)N[C@@H](Cc2ccc(-c3nc(C)c(C)cc3C)c3nccn23)C(=O)OC)c(F)c1.COC(=O)[C@@H](N)Cc1ccc(-c2nc(C)c(C)cc2C)c2nccn12.COC1=N[C@H](C(C)C)C(OC)=N[C@H]1Cc1ccc(-c2nc(C)c(C)cc2C)c2nccn12.Cc1cc(C)c(Br)nc1C.Cc1ccc(Br)nc1Br.[CH3-].[Li+].[Na+].[OH-]. The Morgan fingerprint density at radius 2 is 0.916 bits per heavy atom. The third kappa shape index (κ3) is 30.5. The number of hydrogen-bond acceptors (Lipinski definition) is 22. The second-order valence-electron chi connectivity index (χ2n) is 31.7. The second kappa shape index (κ2) is 54.3. The molecule has 12 aromatic rings. The Labute approximate surface area is 829 Å². The van der Waals surface area contributed by atoms with Crippen molar-refractivity contribution in [2.45, 2.75) is 207 Å². The van der Waals surface area contributed by atoms with Crippen LogP contribution in [0.15, 0.2) is 146 Å². The van der Waals surface area contributed by atoms with Crippen LogP contribution < -0.4 is 64.8 Å². The van der Waals surface area contributed by atoms with Crippen molar-refractivity contribution in [3.63, 3.8) is 0 Å². The quantitative estimate of drug-likeness (QED) is 0.0330. The van der Waals surface area contributed by atoms with Crippen LogP contribution >= 0.6 is 47.8 Å². The van der Waals surface area contributed by atoms with E-state index in [0.717, 1.165) is 166 Å². The van der Waals surface area contributed by atoms with E-state index in [-0.39, 0.29) is 105 Å². The van der Waals surface area contributed by atoms with E-state index in [1.54, 1.807) is 43.3 Å². The van der Waals surface area contributed by atoms with Gasteiger partial charge >= 0.3 is 60.4 Å². The molecule has 14 heterocycles. The van der Waals surface area contributed by atoms with E-state index in [1.165, 1.54) is 62.2 Å². The number of nitrogens with zero attached hydrogens (tertiary/aromatic N) is 13. The van der Waals surface area contributed by atoms with Gasteiger partial charge in [0.15, 0.2) is 0 Å². The Morgan fingerprint density at radius 1 is 0.519 bits per heavy atom. The number of halogens is 5. The molecule has 3 aliphatic heterocycles. The summed E-state index contributed by atoms with van der Waals surface area (Å²) >= 11 is 9.93. The fraction of sp³-hybridized carbons (Fsp3) is 0.408. The van der Waals surface area contributed by atoms with Crippen LogP contribution in [-0.2, 0) is 57.3 Å². The van der Waals surface area contributed by atoms with Crippen LogP contribution in [0.3, 0.4) is 0 Å². The molecule has 33 heteroatoms. The Kier molecular flexibility index (Phi) is 47.4. The molecule has 0 radical (unpaired) electrons. The average Bonchev–Trinajstić information content (AvgIpc) is 1.70. The predicted molar refractivity (Wildman–Crippen MR) is 519 cm³/mol. The monoisotopic (exact) mass is 1990 g/mol. The molecule has 15 rings (SSSR count). The van der Waals surface area contributed by atoms with Gasteiger partial charge in [-0.2, -0.15) is 0 Å². The maximum absolute atomic E-state index is 14.9. The van der Waals surface area contributed by atoms with E-state index in [4.69, 9.17) is 59.1 Å². The number of nitrogens with two attached hydrogens (primary N) is 1. The van der Waals surface area contributed by atoms with Gasteiger partial charge in [0, 0.05) is 151 Å². The molecule has 0 saturated carbocycles. The first-order valence-electron chi connectivity index (χ1n) is 42.1. The molecule has 11 aromatic heterocycles.